The average Bonchev–Trinajstić information content (AvgIpc) is 3.04. The molecule has 0 unspecified atom stereocenters. The number of rotatable bonds is 16. The van der Waals surface area contributed by atoms with Crippen molar-refractivity contribution in [3.63, 3.8) is 0 Å². The summed E-state index contributed by atoms with van der Waals surface area (Å²) in [5.74, 6) is 0.376. The van der Waals surface area contributed by atoms with Crippen molar-refractivity contribution < 1.29 is 23.8 Å². The van der Waals surface area contributed by atoms with Gasteiger partial charge in [0.05, 0.1) is 24.3 Å². The summed E-state index contributed by atoms with van der Waals surface area (Å²) in [5, 5.41) is 0. The fraction of sp³-hybridized carbons (Fsp3) is 0.297. The van der Waals surface area contributed by atoms with Crippen LogP contribution in [0.4, 0.5) is 0 Å². The Kier molecular flexibility index (Phi) is 12.2. The molecule has 218 valence electrons. The van der Waals surface area contributed by atoms with Gasteiger partial charge in [-0.25, -0.2) is 9.59 Å². The molecule has 0 N–H and O–H groups in total. The molecule has 5 heteroatoms. The van der Waals surface area contributed by atoms with E-state index in [1.54, 1.807) is 36.4 Å². The van der Waals surface area contributed by atoms with E-state index in [4.69, 9.17) is 14.2 Å². The molecule has 0 saturated heterocycles. The Morgan fingerprint density at radius 2 is 1.12 bits per heavy atom. The molecule has 4 aromatic carbocycles. The minimum absolute atomic E-state index is 0.345. The first-order valence-electron chi connectivity index (χ1n) is 15.0. The lowest BCUT2D eigenvalue weighted by atomic mass is 10.0. The second-order valence-electron chi connectivity index (χ2n) is 10.4. The molecule has 0 spiro atoms. The fourth-order valence-corrected chi connectivity index (χ4v) is 4.61. The van der Waals surface area contributed by atoms with E-state index in [0.29, 0.717) is 23.5 Å². The number of carbonyl (C=O) groups excluding carboxylic acids is 2. The van der Waals surface area contributed by atoms with Crippen LogP contribution in [-0.2, 0) is 11.2 Å². The topological polar surface area (TPSA) is 61.8 Å². The smallest absolute Gasteiger partial charge is 0.343 e. The summed E-state index contributed by atoms with van der Waals surface area (Å²) in [7, 11) is 0. The SMILES string of the molecule is CCCCCCCCOc1ccc(-c2ccc(C(=O)Oc3ccc(C(=O)OCCCc4ccccc4)cc3)cc2)cc1. The van der Waals surface area contributed by atoms with Crippen LogP contribution in [0.2, 0.25) is 0 Å². The first-order chi connectivity index (χ1) is 20.6. The number of hydrogen-bond acceptors (Lipinski definition) is 5. The van der Waals surface area contributed by atoms with E-state index < -0.39 is 11.9 Å². The van der Waals surface area contributed by atoms with Gasteiger partial charge in [0, 0.05) is 0 Å². The maximum absolute atomic E-state index is 12.7. The zero-order valence-corrected chi connectivity index (χ0v) is 24.4. The van der Waals surface area contributed by atoms with Crippen molar-refractivity contribution in [2.45, 2.75) is 58.3 Å². The average molecular weight is 565 g/mol. The van der Waals surface area contributed by atoms with Crippen LogP contribution < -0.4 is 9.47 Å². The van der Waals surface area contributed by atoms with Crippen molar-refractivity contribution in [1.82, 2.24) is 0 Å². The Hall–Kier alpha value is -4.38. The molecular weight excluding hydrogens is 524 g/mol. The summed E-state index contributed by atoms with van der Waals surface area (Å²) < 4.78 is 16.8. The van der Waals surface area contributed by atoms with Crippen LogP contribution >= 0.6 is 0 Å². The predicted molar refractivity (Wildman–Crippen MR) is 167 cm³/mol. The van der Waals surface area contributed by atoms with Gasteiger partial charge in [-0.05, 0) is 84.5 Å². The third-order valence-corrected chi connectivity index (χ3v) is 7.06. The molecule has 0 heterocycles. The first kappa shape index (κ1) is 30.6. The highest BCUT2D eigenvalue weighted by molar-refractivity contribution is 5.92. The van der Waals surface area contributed by atoms with Crippen LogP contribution in [-0.4, -0.2) is 25.2 Å². The molecule has 0 aromatic heterocycles. The molecule has 0 aliphatic heterocycles. The number of unbranched alkanes of at least 4 members (excludes halogenated alkanes) is 5. The number of carbonyl (C=O) groups is 2. The summed E-state index contributed by atoms with van der Waals surface area (Å²) in [6.45, 7) is 3.32. The Balaban J connectivity index is 1.19. The molecule has 0 bridgehead atoms. The summed E-state index contributed by atoms with van der Waals surface area (Å²) in [5.41, 5.74) is 4.12. The fourth-order valence-electron chi connectivity index (χ4n) is 4.61. The predicted octanol–water partition coefficient (Wildman–Crippen LogP) is 9.10. The lowest BCUT2D eigenvalue weighted by molar-refractivity contribution is 0.0500. The van der Waals surface area contributed by atoms with Gasteiger partial charge in [0.25, 0.3) is 0 Å². The summed E-state index contributed by atoms with van der Waals surface area (Å²) in [4.78, 5) is 25.0. The molecule has 0 amide bonds. The van der Waals surface area contributed by atoms with Crippen LogP contribution in [0.25, 0.3) is 11.1 Å². The normalized spacial score (nSPS) is 10.7. The van der Waals surface area contributed by atoms with E-state index in [2.05, 4.69) is 19.1 Å². The minimum atomic E-state index is -0.462. The molecule has 0 atom stereocenters. The third kappa shape index (κ3) is 9.91. The highest BCUT2D eigenvalue weighted by Crippen LogP contribution is 2.24. The standard InChI is InChI=1S/C37H40O5/c1-2-3-4-5-6-10-27-40-34-23-19-31(20-24-34)30-15-17-33(18-16-30)37(39)42-35-25-21-32(22-26-35)36(38)41-28-11-14-29-12-8-7-9-13-29/h7-9,12-13,15-26H,2-6,10-11,14,27-28H2,1H3. The zero-order chi connectivity index (χ0) is 29.4. The Morgan fingerprint density at radius 3 is 1.81 bits per heavy atom. The number of esters is 2. The second-order valence-corrected chi connectivity index (χ2v) is 10.4. The molecule has 0 saturated carbocycles. The number of aryl methyl sites for hydroxylation is 1. The molecule has 0 aliphatic rings. The van der Waals surface area contributed by atoms with Gasteiger partial charge in [-0.3, -0.25) is 0 Å². The van der Waals surface area contributed by atoms with Crippen molar-refractivity contribution in [2.24, 2.45) is 0 Å². The van der Waals surface area contributed by atoms with Crippen molar-refractivity contribution in [1.29, 1.82) is 0 Å². The Morgan fingerprint density at radius 1 is 0.548 bits per heavy atom. The Bertz CT molecular complexity index is 1360. The first-order valence-corrected chi connectivity index (χ1v) is 15.0. The second kappa shape index (κ2) is 16.8. The molecular formula is C37H40O5. The van der Waals surface area contributed by atoms with Crippen LogP contribution in [0.3, 0.4) is 0 Å². The van der Waals surface area contributed by atoms with Gasteiger partial charge in [-0.1, -0.05) is 93.6 Å². The van der Waals surface area contributed by atoms with Gasteiger partial charge in [0.2, 0.25) is 0 Å². The van der Waals surface area contributed by atoms with E-state index in [0.717, 1.165) is 42.7 Å². The quantitative estimate of drug-likeness (QED) is 0.0771. The largest absolute Gasteiger partial charge is 0.494 e. The number of ether oxygens (including phenoxy) is 3. The molecule has 0 radical (unpaired) electrons. The van der Waals surface area contributed by atoms with Gasteiger partial charge >= 0.3 is 11.9 Å². The summed E-state index contributed by atoms with van der Waals surface area (Å²) in [6, 6.07) is 31.8. The highest BCUT2D eigenvalue weighted by Gasteiger charge is 2.12. The van der Waals surface area contributed by atoms with E-state index in [9.17, 15) is 9.59 Å². The Labute approximate surface area is 249 Å². The number of hydrogen-bond donors (Lipinski definition) is 0. The summed E-state index contributed by atoms with van der Waals surface area (Å²) >= 11 is 0. The van der Waals surface area contributed by atoms with E-state index in [1.165, 1.54) is 37.7 Å². The van der Waals surface area contributed by atoms with Crippen molar-refractivity contribution in [2.75, 3.05) is 13.2 Å². The molecule has 0 fully saturated rings. The molecule has 4 aromatic rings. The summed E-state index contributed by atoms with van der Waals surface area (Å²) in [6.07, 6.45) is 9.06. The molecule has 5 nitrogen and oxygen atoms in total. The van der Waals surface area contributed by atoms with Crippen LogP contribution in [0.5, 0.6) is 11.5 Å². The third-order valence-electron chi connectivity index (χ3n) is 7.06. The molecule has 42 heavy (non-hydrogen) atoms. The minimum Gasteiger partial charge on any atom is -0.494 e. The van der Waals surface area contributed by atoms with Gasteiger partial charge in [-0.2, -0.15) is 0 Å². The van der Waals surface area contributed by atoms with Gasteiger partial charge < -0.3 is 14.2 Å². The lowest BCUT2D eigenvalue weighted by Gasteiger charge is -2.09. The maximum Gasteiger partial charge on any atom is 0.343 e. The van der Waals surface area contributed by atoms with E-state index >= 15 is 0 Å². The zero-order valence-electron chi connectivity index (χ0n) is 24.4. The van der Waals surface area contributed by atoms with E-state index in [1.807, 2.05) is 54.6 Å². The number of benzene rings is 4. The molecule has 4 rings (SSSR count). The van der Waals surface area contributed by atoms with Crippen molar-refractivity contribution in [3.8, 4) is 22.6 Å². The highest BCUT2D eigenvalue weighted by atomic mass is 16.5. The van der Waals surface area contributed by atoms with Gasteiger partial charge in [-0.15, -0.1) is 0 Å². The maximum atomic E-state index is 12.7. The lowest BCUT2D eigenvalue weighted by Crippen LogP contribution is -2.09. The van der Waals surface area contributed by atoms with Gasteiger partial charge in [0.1, 0.15) is 11.5 Å². The monoisotopic (exact) mass is 564 g/mol. The van der Waals surface area contributed by atoms with Crippen molar-refractivity contribution in [3.05, 3.63) is 120 Å². The van der Waals surface area contributed by atoms with Crippen LogP contribution in [0.15, 0.2) is 103 Å². The van der Waals surface area contributed by atoms with Crippen LogP contribution in [0, 0.1) is 0 Å². The van der Waals surface area contributed by atoms with Crippen LogP contribution in [0.1, 0.15) is 78.1 Å². The van der Waals surface area contributed by atoms with Gasteiger partial charge in [0.15, 0.2) is 0 Å². The van der Waals surface area contributed by atoms with E-state index in [-0.39, 0.29) is 0 Å². The molecule has 0 aliphatic carbocycles. The van der Waals surface area contributed by atoms with Crippen molar-refractivity contribution >= 4 is 11.9 Å².